The van der Waals surface area contributed by atoms with Crippen molar-refractivity contribution < 1.29 is 23.7 Å². The Kier molecular flexibility index (Phi) is 8.44. The zero-order valence-corrected chi connectivity index (χ0v) is 21.2. The maximum absolute atomic E-state index is 13.8. The smallest absolute Gasteiger partial charge is 0.319 e. The Bertz CT molecular complexity index is 1220. The van der Waals surface area contributed by atoms with Gasteiger partial charge in [-0.1, -0.05) is 42.8 Å². The van der Waals surface area contributed by atoms with Crippen molar-refractivity contribution in [3.63, 3.8) is 0 Å². The summed E-state index contributed by atoms with van der Waals surface area (Å²) in [7, 11) is 4.47. The van der Waals surface area contributed by atoms with Gasteiger partial charge in [-0.3, -0.25) is 14.2 Å². The van der Waals surface area contributed by atoms with Gasteiger partial charge in [-0.25, -0.2) is 4.98 Å². The van der Waals surface area contributed by atoms with Gasteiger partial charge in [0.2, 0.25) is 5.75 Å². The van der Waals surface area contributed by atoms with Gasteiger partial charge in [-0.05, 0) is 38.5 Å². The zero-order valence-electron chi connectivity index (χ0n) is 20.3. The van der Waals surface area contributed by atoms with Gasteiger partial charge in [0.1, 0.15) is 10.8 Å². The normalized spacial score (nSPS) is 11.8. The molecule has 1 aromatic heterocycles. The van der Waals surface area contributed by atoms with Crippen molar-refractivity contribution in [2.24, 2.45) is 0 Å². The first-order valence-electron chi connectivity index (χ1n) is 11.1. The Morgan fingerprint density at radius 1 is 1.06 bits per heavy atom. The van der Waals surface area contributed by atoms with Crippen LogP contribution < -0.4 is 19.8 Å². The van der Waals surface area contributed by atoms with Gasteiger partial charge in [0.05, 0.1) is 39.0 Å². The van der Waals surface area contributed by atoms with Crippen molar-refractivity contribution in [1.29, 1.82) is 0 Å². The third-order valence-electron chi connectivity index (χ3n) is 5.28. The average Bonchev–Trinajstić information content (AvgIpc) is 2.83. The van der Waals surface area contributed by atoms with E-state index in [4.69, 9.17) is 23.9 Å². The van der Waals surface area contributed by atoms with Crippen LogP contribution >= 0.6 is 11.8 Å². The highest BCUT2D eigenvalue weighted by Gasteiger charge is 2.27. The fraction of sp³-hybridized carbons (Fsp3) is 0.400. The fourth-order valence-electron chi connectivity index (χ4n) is 3.62. The molecule has 8 nitrogen and oxygen atoms in total. The quantitative estimate of drug-likeness (QED) is 0.234. The highest BCUT2D eigenvalue weighted by atomic mass is 32.2. The molecule has 3 rings (SSSR count). The number of nitrogens with zero attached hydrogens (tertiary/aromatic N) is 2. The van der Waals surface area contributed by atoms with Crippen LogP contribution in [0.4, 0.5) is 0 Å². The second kappa shape index (κ2) is 11.3. The van der Waals surface area contributed by atoms with E-state index in [0.29, 0.717) is 39.7 Å². The Morgan fingerprint density at radius 3 is 2.29 bits per heavy atom. The summed E-state index contributed by atoms with van der Waals surface area (Å²) in [4.78, 5) is 31.3. The van der Waals surface area contributed by atoms with Crippen LogP contribution in [0.3, 0.4) is 0 Å². The van der Waals surface area contributed by atoms with Crippen LogP contribution in [-0.4, -0.2) is 48.7 Å². The third-order valence-corrected chi connectivity index (χ3v) is 6.47. The molecule has 0 spiro atoms. The first-order chi connectivity index (χ1) is 16.4. The van der Waals surface area contributed by atoms with E-state index in [0.717, 1.165) is 12.0 Å². The second-order valence-electron chi connectivity index (χ2n) is 7.56. The molecule has 0 fully saturated rings. The van der Waals surface area contributed by atoms with E-state index < -0.39 is 5.25 Å². The van der Waals surface area contributed by atoms with Gasteiger partial charge < -0.3 is 18.9 Å². The number of hydrogen-bond acceptors (Lipinski definition) is 8. The molecule has 0 radical (unpaired) electrons. The van der Waals surface area contributed by atoms with Crippen LogP contribution in [0.15, 0.2) is 40.3 Å². The van der Waals surface area contributed by atoms with Gasteiger partial charge in [0.15, 0.2) is 16.7 Å². The van der Waals surface area contributed by atoms with Gasteiger partial charge in [-0.2, -0.15) is 0 Å². The molecule has 34 heavy (non-hydrogen) atoms. The largest absolute Gasteiger partial charge is 0.493 e. The van der Waals surface area contributed by atoms with Crippen molar-refractivity contribution in [2.45, 2.75) is 44.0 Å². The summed E-state index contributed by atoms with van der Waals surface area (Å²) in [5.41, 5.74) is 1.72. The number of thioether (sulfide) groups is 1. The van der Waals surface area contributed by atoms with Crippen molar-refractivity contribution >= 4 is 28.6 Å². The van der Waals surface area contributed by atoms with Gasteiger partial charge in [0, 0.05) is 0 Å². The molecule has 0 aliphatic heterocycles. The summed E-state index contributed by atoms with van der Waals surface area (Å²) in [6, 6.07) is 9.14. The molecule has 0 aliphatic rings. The number of hydrogen-bond donors (Lipinski definition) is 0. The second-order valence-corrected chi connectivity index (χ2v) is 8.73. The lowest BCUT2D eigenvalue weighted by Crippen LogP contribution is -2.26. The summed E-state index contributed by atoms with van der Waals surface area (Å²) in [6.07, 6.45) is 1.35. The average molecular weight is 487 g/mol. The molecule has 9 heteroatoms. The van der Waals surface area contributed by atoms with Crippen molar-refractivity contribution in [3.05, 3.63) is 46.2 Å². The Morgan fingerprint density at radius 2 is 1.74 bits per heavy atom. The summed E-state index contributed by atoms with van der Waals surface area (Å²) < 4.78 is 23.3. The maximum Gasteiger partial charge on any atom is 0.319 e. The van der Waals surface area contributed by atoms with E-state index in [1.807, 2.05) is 38.1 Å². The minimum atomic E-state index is -0.517. The van der Waals surface area contributed by atoms with Gasteiger partial charge in [-0.15, -0.1) is 0 Å². The monoisotopic (exact) mass is 486 g/mol. The number of benzene rings is 2. The summed E-state index contributed by atoms with van der Waals surface area (Å²) in [5, 5.41) is 0.151. The number of ether oxygens (including phenoxy) is 4. The van der Waals surface area contributed by atoms with Crippen molar-refractivity contribution in [3.8, 4) is 22.9 Å². The SMILES string of the molecule is CCCC(Sc1nc2c(OC)c(OC)c(OC)cc2c(=O)n1-c1ccc(C)cc1)C(=O)OCC. The van der Waals surface area contributed by atoms with Gasteiger partial charge >= 0.3 is 5.97 Å². The number of aromatic nitrogens is 2. The minimum Gasteiger partial charge on any atom is -0.493 e. The number of carbonyl (C=O) groups excluding carboxylic acids is 1. The van der Waals surface area contributed by atoms with E-state index >= 15 is 0 Å². The number of aryl methyl sites for hydroxylation is 1. The maximum atomic E-state index is 13.8. The molecule has 3 aromatic rings. The molecule has 0 bridgehead atoms. The highest BCUT2D eigenvalue weighted by molar-refractivity contribution is 8.00. The predicted molar refractivity (Wildman–Crippen MR) is 133 cm³/mol. The number of rotatable bonds is 10. The number of methoxy groups -OCH3 is 3. The number of fused-ring (bicyclic) bond motifs is 1. The van der Waals surface area contributed by atoms with E-state index in [2.05, 4.69) is 0 Å². The summed E-state index contributed by atoms with van der Waals surface area (Å²) in [5.74, 6) is 0.648. The third kappa shape index (κ3) is 4.99. The molecule has 0 saturated heterocycles. The molecule has 1 heterocycles. The molecule has 0 aliphatic carbocycles. The molecule has 2 aromatic carbocycles. The molecule has 0 amide bonds. The van der Waals surface area contributed by atoms with E-state index in [9.17, 15) is 9.59 Å². The predicted octanol–water partition coefficient (Wildman–Crippen LogP) is 4.54. The lowest BCUT2D eigenvalue weighted by Gasteiger charge is -2.20. The van der Waals surface area contributed by atoms with E-state index in [-0.39, 0.29) is 23.9 Å². The standard InChI is InChI=1S/C25H30N2O6S/c1-7-9-19(24(29)33-8-2)34-25-26-20-17(14-18(30-4)21(31-5)22(20)32-6)23(28)27(25)16-12-10-15(3)11-13-16/h10-14,19H,7-9H2,1-6H3. The Labute approximate surface area is 203 Å². The lowest BCUT2D eigenvalue weighted by atomic mass is 10.2. The minimum absolute atomic E-state index is 0.278. The number of esters is 1. The van der Waals surface area contributed by atoms with Gasteiger partial charge in [0.25, 0.3) is 5.56 Å². The summed E-state index contributed by atoms with van der Waals surface area (Å²) >= 11 is 1.21. The van der Waals surface area contributed by atoms with Crippen LogP contribution in [0, 0.1) is 6.92 Å². The van der Waals surface area contributed by atoms with Crippen LogP contribution in [0.1, 0.15) is 32.3 Å². The topological polar surface area (TPSA) is 88.9 Å². The molecule has 0 N–H and O–H groups in total. The van der Waals surface area contributed by atoms with E-state index in [1.165, 1.54) is 37.7 Å². The molecule has 182 valence electrons. The van der Waals surface area contributed by atoms with E-state index in [1.54, 1.807) is 13.0 Å². The fourth-order valence-corrected chi connectivity index (χ4v) is 4.83. The van der Waals surface area contributed by atoms with Crippen LogP contribution in [0.25, 0.3) is 16.6 Å². The Balaban J connectivity index is 2.35. The first kappa shape index (κ1) is 25.4. The van der Waals surface area contributed by atoms with Crippen LogP contribution in [0.2, 0.25) is 0 Å². The van der Waals surface area contributed by atoms with Crippen molar-refractivity contribution in [2.75, 3.05) is 27.9 Å². The summed E-state index contributed by atoms with van der Waals surface area (Å²) in [6.45, 7) is 6.02. The zero-order chi connectivity index (χ0) is 24.8. The first-order valence-corrected chi connectivity index (χ1v) is 11.9. The van der Waals surface area contributed by atoms with Crippen LogP contribution in [-0.2, 0) is 9.53 Å². The molecule has 0 saturated carbocycles. The molecular formula is C25H30N2O6S. The number of carbonyl (C=O) groups is 1. The lowest BCUT2D eigenvalue weighted by molar-refractivity contribution is -0.142. The van der Waals surface area contributed by atoms with Crippen LogP contribution in [0.5, 0.6) is 17.2 Å². The van der Waals surface area contributed by atoms with Crippen molar-refractivity contribution in [1.82, 2.24) is 9.55 Å². The highest BCUT2D eigenvalue weighted by Crippen LogP contribution is 2.42. The Hall–Kier alpha value is -3.20. The molecular weight excluding hydrogens is 456 g/mol. The molecule has 1 atom stereocenters. The molecule has 1 unspecified atom stereocenters.